The van der Waals surface area contributed by atoms with Gasteiger partial charge in [-0.05, 0) is 13.0 Å². The van der Waals surface area contributed by atoms with Crippen LogP contribution in [0.3, 0.4) is 0 Å². The van der Waals surface area contributed by atoms with E-state index < -0.39 is 5.63 Å². The third-order valence-corrected chi connectivity index (χ3v) is 2.40. The van der Waals surface area contributed by atoms with E-state index in [1.807, 2.05) is 31.2 Å². The van der Waals surface area contributed by atoms with Gasteiger partial charge in [-0.2, -0.15) is 0 Å². The molecular weight excluding hydrogens is 212 g/mol. The predicted molar refractivity (Wildman–Crippen MR) is 60.2 cm³/mol. The summed E-state index contributed by atoms with van der Waals surface area (Å²) in [6.07, 6.45) is 0. The first-order valence-corrected chi connectivity index (χ1v) is 4.91. The van der Waals surface area contributed by atoms with E-state index in [1.54, 1.807) is 6.07 Å². The van der Waals surface area contributed by atoms with Crippen molar-refractivity contribution in [1.29, 1.82) is 0 Å². The van der Waals surface area contributed by atoms with Gasteiger partial charge in [0.05, 0.1) is 5.02 Å². The van der Waals surface area contributed by atoms with Crippen LogP contribution in [0.15, 0.2) is 45.6 Å². The molecule has 0 N–H and O–H groups in total. The number of rotatable bonds is 1. The third kappa shape index (κ3) is 2.10. The Bertz CT molecular complexity index is 526. The van der Waals surface area contributed by atoms with E-state index in [9.17, 15) is 4.79 Å². The Labute approximate surface area is 92.1 Å². The maximum absolute atomic E-state index is 11.1. The zero-order valence-electron chi connectivity index (χ0n) is 8.16. The largest absolute Gasteiger partial charge is 0.421 e. The summed E-state index contributed by atoms with van der Waals surface area (Å²) >= 11 is 5.94. The van der Waals surface area contributed by atoms with Crippen LogP contribution in [0.5, 0.6) is 0 Å². The molecule has 15 heavy (non-hydrogen) atoms. The van der Waals surface area contributed by atoms with E-state index in [2.05, 4.69) is 0 Å². The fraction of sp³-hybridized carbons (Fsp3) is 0.0833. The molecule has 3 heteroatoms. The van der Waals surface area contributed by atoms with Gasteiger partial charge in [0, 0.05) is 11.6 Å². The molecule has 76 valence electrons. The average Bonchev–Trinajstić information content (AvgIpc) is 2.23. The lowest BCUT2D eigenvalue weighted by atomic mass is 10.1. The third-order valence-electron chi connectivity index (χ3n) is 2.10. The highest BCUT2D eigenvalue weighted by Crippen LogP contribution is 2.26. The summed E-state index contributed by atoms with van der Waals surface area (Å²) in [5.41, 5.74) is 1.56. The summed E-state index contributed by atoms with van der Waals surface area (Å²) in [5.74, 6) is 0.421. The van der Waals surface area contributed by atoms with Gasteiger partial charge in [-0.3, -0.25) is 0 Å². The Morgan fingerprint density at radius 3 is 2.40 bits per heavy atom. The molecule has 0 fully saturated rings. The van der Waals surface area contributed by atoms with Gasteiger partial charge in [0.15, 0.2) is 5.76 Å². The summed E-state index contributed by atoms with van der Waals surface area (Å²) < 4.78 is 5.05. The van der Waals surface area contributed by atoms with Gasteiger partial charge in [0.2, 0.25) is 0 Å². The summed E-state index contributed by atoms with van der Waals surface area (Å²) in [6.45, 7) is 1.99. The minimum absolute atomic E-state index is 0.394. The van der Waals surface area contributed by atoms with Crippen molar-refractivity contribution in [3.05, 3.63) is 57.4 Å². The second-order valence-electron chi connectivity index (χ2n) is 3.30. The maximum Gasteiger partial charge on any atom is 0.336 e. The van der Waals surface area contributed by atoms with Crippen molar-refractivity contribution >= 4 is 11.6 Å². The van der Waals surface area contributed by atoms with Gasteiger partial charge in [-0.1, -0.05) is 41.4 Å². The number of hydrogen-bond acceptors (Lipinski definition) is 2. The highest BCUT2D eigenvalue weighted by atomic mass is 35.5. The summed E-state index contributed by atoms with van der Waals surface area (Å²) in [6, 6.07) is 10.5. The van der Waals surface area contributed by atoms with Crippen molar-refractivity contribution in [1.82, 2.24) is 0 Å². The van der Waals surface area contributed by atoms with Crippen LogP contribution in [0.25, 0.3) is 11.3 Å². The average molecular weight is 221 g/mol. The van der Waals surface area contributed by atoms with Gasteiger partial charge in [-0.25, -0.2) is 4.79 Å². The Kier molecular flexibility index (Phi) is 2.60. The monoisotopic (exact) mass is 220 g/mol. The van der Waals surface area contributed by atoms with E-state index in [-0.39, 0.29) is 0 Å². The van der Waals surface area contributed by atoms with E-state index >= 15 is 0 Å². The zero-order valence-corrected chi connectivity index (χ0v) is 8.91. The Morgan fingerprint density at radius 2 is 1.73 bits per heavy atom. The molecule has 0 unspecified atom stereocenters. The van der Waals surface area contributed by atoms with Crippen LogP contribution < -0.4 is 5.63 Å². The zero-order chi connectivity index (χ0) is 10.8. The fourth-order valence-corrected chi connectivity index (χ4v) is 1.51. The topological polar surface area (TPSA) is 30.2 Å². The molecule has 1 aromatic heterocycles. The second kappa shape index (κ2) is 3.91. The first-order chi connectivity index (χ1) is 7.16. The molecule has 0 bridgehead atoms. The molecule has 0 saturated carbocycles. The van der Waals surface area contributed by atoms with Crippen molar-refractivity contribution in [2.24, 2.45) is 0 Å². The molecule has 1 aromatic carbocycles. The Balaban J connectivity index is 2.58. The maximum atomic E-state index is 11.1. The van der Waals surface area contributed by atoms with E-state index in [0.717, 1.165) is 11.1 Å². The number of benzene rings is 1. The first kappa shape index (κ1) is 9.99. The molecule has 2 aromatic rings. The molecule has 0 amide bonds. The van der Waals surface area contributed by atoms with Crippen LogP contribution in [0.4, 0.5) is 0 Å². The summed E-state index contributed by atoms with van der Waals surface area (Å²) in [7, 11) is 0. The van der Waals surface area contributed by atoms with Gasteiger partial charge < -0.3 is 4.42 Å². The first-order valence-electron chi connectivity index (χ1n) is 4.53. The van der Waals surface area contributed by atoms with Crippen molar-refractivity contribution < 1.29 is 4.42 Å². The van der Waals surface area contributed by atoms with E-state index in [4.69, 9.17) is 16.0 Å². The lowest BCUT2D eigenvalue weighted by Gasteiger charge is -2.02. The lowest BCUT2D eigenvalue weighted by Crippen LogP contribution is -1.96. The van der Waals surface area contributed by atoms with Gasteiger partial charge >= 0.3 is 5.63 Å². The Morgan fingerprint density at radius 1 is 1.07 bits per heavy atom. The molecule has 0 saturated heterocycles. The molecule has 0 aliphatic carbocycles. The minimum Gasteiger partial charge on any atom is -0.421 e. The summed E-state index contributed by atoms with van der Waals surface area (Å²) in [4.78, 5) is 11.1. The normalized spacial score (nSPS) is 10.3. The van der Waals surface area contributed by atoms with Gasteiger partial charge in [0.1, 0.15) is 0 Å². The van der Waals surface area contributed by atoms with Crippen LogP contribution in [-0.4, -0.2) is 0 Å². The molecule has 1 heterocycles. The van der Waals surface area contributed by atoms with Crippen molar-refractivity contribution in [3.8, 4) is 11.3 Å². The SMILES string of the molecule is Cc1ccc(-c2oc(=O)ccc2Cl)cc1. The van der Waals surface area contributed by atoms with Crippen LogP contribution in [-0.2, 0) is 0 Å². The van der Waals surface area contributed by atoms with Gasteiger partial charge in [0.25, 0.3) is 0 Å². The second-order valence-corrected chi connectivity index (χ2v) is 3.70. The van der Waals surface area contributed by atoms with Crippen LogP contribution in [0.2, 0.25) is 5.02 Å². The van der Waals surface area contributed by atoms with E-state index in [0.29, 0.717) is 10.8 Å². The van der Waals surface area contributed by atoms with Crippen LogP contribution in [0.1, 0.15) is 5.56 Å². The molecule has 0 spiro atoms. The van der Waals surface area contributed by atoms with Crippen LogP contribution >= 0.6 is 11.6 Å². The van der Waals surface area contributed by atoms with Gasteiger partial charge in [-0.15, -0.1) is 0 Å². The summed E-state index contributed by atoms with van der Waals surface area (Å²) in [5, 5.41) is 0.443. The number of hydrogen-bond donors (Lipinski definition) is 0. The fourth-order valence-electron chi connectivity index (χ4n) is 1.30. The van der Waals surface area contributed by atoms with E-state index in [1.165, 1.54) is 6.07 Å². The highest BCUT2D eigenvalue weighted by Gasteiger charge is 2.06. The molecule has 2 rings (SSSR count). The standard InChI is InChI=1S/C12H9ClO2/c1-8-2-4-9(5-3-8)12-10(13)6-7-11(14)15-12/h2-7H,1H3. The van der Waals surface area contributed by atoms with Crippen molar-refractivity contribution in [2.75, 3.05) is 0 Å². The molecule has 2 nitrogen and oxygen atoms in total. The molecule has 0 atom stereocenters. The molecule has 0 aliphatic rings. The number of aryl methyl sites for hydroxylation is 1. The van der Waals surface area contributed by atoms with Crippen molar-refractivity contribution in [2.45, 2.75) is 6.92 Å². The molecule has 0 radical (unpaired) electrons. The smallest absolute Gasteiger partial charge is 0.336 e. The minimum atomic E-state index is -0.394. The molecular formula is C12H9ClO2. The quantitative estimate of drug-likeness (QED) is 0.739. The highest BCUT2D eigenvalue weighted by molar-refractivity contribution is 6.32. The predicted octanol–water partition coefficient (Wildman–Crippen LogP) is 3.27. The van der Waals surface area contributed by atoms with Crippen LogP contribution in [0, 0.1) is 6.92 Å². The van der Waals surface area contributed by atoms with Crippen molar-refractivity contribution in [3.63, 3.8) is 0 Å². The Hall–Kier alpha value is -1.54. The lowest BCUT2D eigenvalue weighted by molar-refractivity contribution is 0.526. The molecule has 0 aliphatic heterocycles. The number of halogens is 1.